The van der Waals surface area contributed by atoms with E-state index in [1.54, 1.807) is 7.11 Å². The van der Waals surface area contributed by atoms with Gasteiger partial charge in [0.2, 0.25) is 0 Å². The topological polar surface area (TPSA) is 21.3 Å². The minimum atomic E-state index is 0.732. The lowest BCUT2D eigenvalue weighted by Crippen LogP contribution is -2.28. The van der Waals surface area contributed by atoms with E-state index in [1.165, 1.54) is 19.3 Å². The van der Waals surface area contributed by atoms with Crippen LogP contribution >= 0.6 is 0 Å². The van der Waals surface area contributed by atoms with Crippen molar-refractivity contribution in [3.63, 3.8) is 0 Å². The average molecular weight is 171 g/mol. The first-order chi connectivity index (χ1) is 5.79. The molecule has 1 saturated carbocycles. The summed E-state index contributed by atoms with van der Waals surface area (Å²) in [6.45, 7) is 3.24. The van der Waals surface area contributed by atoms with Crippen LogP contribution in [0.15, 0.2) is 0 Å². The fourth-order valence-electron chi connectivity index (χ4n) is 1.93. The fourth-order valence-corrected chi connectivity index (χ4v) is 1.93. The molecule has 0 radical (unpaired) electrons. The quantitative estimate of drug-likeness (QED) is 0.614. The van der Waals surface area contributed by atoms with Crippen molar-refractivity contribution >= 4 is 0 Å². The van der Waals surface area contributed by atoms with Crippen LogP contribution in [0.4, 0.5) is 0 Å². The highest BCUT2D eigenvalue weighted by Crippen LogP contribution is 2.41. The third-order valence-electron chi connectivity index (χ3n) is 2.92. The van der Waals surface area contributed by atoms with Crippen molar-refractivity contribution in [2.45, 2.75) is 32.2 Å². The Kier molecular flexibility index (Phi) is 4.02. The smallest absolute Gasteiger partial charge is 0.0462 e. The molecular weight excluding hydrogens is 150 g/mol. The van der Waals surface area contributed by atoms with Crippen LogP contribution in [0.2, 0.25) is 0 Å². The Hall–Kier alpha value is -0.0800. The van der Waals surface area contributed by atoms with Gasteiger partial charge < -0.3 is 10.1 Å². The number of hydrogen-bond donors (Lipinski definition) is 1. The molecule has 0 bridgehead atoms. The molecule has 0 aliphatic heterocycles. The number of nitrogens with one attached hydrogen (secondary N) is 1. The summed E-state index contributed by atoms with van der Waals surface area (Å²) in [5.41, 5.74) is 0. The molecule has 2 heteroatoms. The zero-order valence-corrected chi connectivity index (χ0v) is 8.47. The predicted octanol–water partition coefficient (Wildman–Crippen LogP) is 1.66. The highest BCUT2D eigenvalue weighted by atomic mass is 16.5. The van der Waals surface area contributed by atoms with Gasteiger partial charge in [-0.05, 0) is 38.1 Å². The zero-order valence-electron chi connectivity index (χ0n) is 8.47. The second-order valence-electron chi connectivity index (χ2n) is 3.91. The lowest BCUT2D eigenvalue weighted by Gasteiger charge is -2.15. The molecule has 0 heterocycles. The van der Waals surface area contributed by atoms with Crippen LogP contribution in [-0.2, 0) is 4.74 Å². The van der Waals surface area contributed by atoms with Crippen molar-refractivity contribution < 1.29 is 4.74 Å². The highest BCUT2D eigenvalue weighted by Gasteiger charge is 2.38. The first-order valence-corrected chi connectivity index (χ1v) is 4.95. The summed E-state index contributed by atoms with van der Waals surface area (Å²) in [6.07, 6.45) is 3.86. The number of hydrogen-bond acceptors (Lipinski definition) is 2. The average Bonchev–Trinajstić information content (AvgIpc) is 2.77. The summed E-state index contributed by atoms with van der Waals surface area (Å²) >= 11 is 0. The molecule has 0 amide bonds. The van der Waals surface area contributed by atoms with E-state index in [0.29, 0.717) is 0 Å². The van der Waals surface area contributed by atoms with E-state index in [4.69, 9.17) is 4.74 Å². The second-order valence-corrected chi connectivity index (χ2v) is 3.91. The first kappa shape index (κ1) is 10.0. The molecule has 2 nitrogen and oxygen atoms in total. The van der Waals surface area contributed by atoms with Gasteiger partial charge >= 0.3 is 0 Å². The van der Waals surface area contributed by atoms with Crippen molar-refractivity contribution in [2.24, 2.45) is 11.8 Å². The Bertz CT molecular complexity index is 127. The van der Waals surface area contributed by atoms with E-state index in [9.17, 15) is 0 Å². The van der Waals surface area contributed by atoms with Crippen LogP contribution in [0.1, 0.15) is 26.2 Å². The number of methoxy groups -OCH3 is 1. The molecule has 1 aliphatic carbocycles. The molecule has 3 atom stereocenters. The van der Waals surface area contributed by atoms with Crippen LogP contribution in [0, 0.1) is 11.8 Å². The molecule has 1 fully saturated rings. The van der Waals surface area contributed by atoms with E-state index in [1.807, 2.05) is 0 Å². The van der Waals surface area contributed by atoms with Crippen molar-refractivity contribution in [3.8, 4) is 0 Å². The van der Waals surface area contributed by atoms with Gasteiger partial charge in [0.1, 0.15) is 0 Å². The van der Waals surface area contributed by atoms with Crippen molar-refractivity contribution in [1.82, 2.24) is 5.32 Å². The molecule has 0 spiro atoms. The molecule has 1 aliphatic rings. The second kappa shape index (κ2) is 4.83. The van der Waals surface area contributed by atoms with Gasteiger partial charge in [0.25, 0.3) is 0 Å². The summed E-state index contributed by atoms with van der Waals surface area (Å²) in [7, 11) is 3.84. The Balaban J connectivity index is 2.09. The molecule has 0 aromatic rings. The van der Waals surface area contributed by atoms with Gasteiger partial charge in [-0.3, -0.25) is 0 Å². The lowest BCUT2D eigenvalue weighted by atomic mass is 10.1. The molecule has 12 heavy (non-hydrogen) atoms. The highest BCUT2D eigenvalue weighted by molar-refractivity contribution is 4.91. The summed E-state index contributed by atoms with van der Waals surface area (Å²) in [6, 6.07) is 0.732. The van der Waals surface area contributed by atoms with Crippen LogP contribution < -0.4 is 5.32 Å². The minimum Gasteiger partial charge on any atom is -0.385 e. The molecule has 3 unspecified atom stereocenters. The molecular formula is C10H21NO. The molecule has 72 valence electrons. The van der Waals surface area contributed by atoms with E-state index < -0.39 is 0 Å². The van der Waals surface area contributed by atoms with Crippen LogP contribution in [0.25, 0.3) is 0 Å². The first-order valence-electron chi connectivity index (χ1n) is 4.95. The molecule has 0 aromatic carbocycles. The van der Waals surface area contributed by atoms with E-state index in [0.717, 1.165) is 24.5 Å². The minimum absolute atomic E-state index is 0.732. The maximum Gasteiger partial charge on any atom is 0.0462 e. The lowest BCUT2D eigenvalue weighted by molar-refractivity contribution is 0.187. The van der Waals surface area contributed by atoms with Gasteiger partial charge in [-0.15, -0.1) is 0 Å². The van der Waals surface area contributed by atoms with E-state index >= 15 is 0 Å². The maximum absolute atomic E-state index is 5.04. The normalized spacial score (nSPS) is 30.2. The van der Waals surface area contributed by atoms with Gasteiger partial charge in [-0.2, -0.15) is 0 Å². The number of rotatable bonds is 6. The van der Waals surface area contributed by atoms with Crippen LogP contribution in [-0.4, -0.2) is 26.8 Å². The van der Waals surface area contributed by atoms with Crippen molar-refractivity contribution in [2.75, 3.05) is 20.8 Å². The van der Waals surface area contributed by atoms with Gasteiger partial charge in [0.15, 0.2) is 0 Å². The summed E-state index contributed by atoms with van der Waals surface area (Å²) in [5, 5.41) is 3.40. The van der Waals surface area contributed by atoms with Gasteiger partial charge in [-0.1, -0.05) is 6.92 Å². The molecule has 0 aromatic heterocycles. The Morgan fingerprint density at radius 1 is 1.58 bits per heavy atom. The van der Waals surface area contributed by atoms with E-state index in [-0.39, 0.29) is 0 Å². The van der Waals surface area contributed by atoms with Crippen molar-refractivity contribution in [1.29, 1.82) is 0 Å². The predicted molar refractivity (Wildman–Crippen MR) is 51.2 cm³/mol. The van der Waals surface area contributed by atoms with Gasteiger partial charge in [-0.25, -0.2) is 0 Å². The van der Waals surface area contributed by atoms with Crippen LogP contribution in [0.3, 0.4) is 0 Å². The standard InChI is InChI=1S/C10H21NO/c1-8-7-9(8)10(11-2)5-4-6-12-3/h8-11H,4-7H2,1-3H3. The summed E-state index contributed by atoms with van der Waals surface area (Å²) in [4.78, 5) is 0. The van der Waals surface area contributed by atoms with Gasteiger partial charge in [0.05, 0.1) is 0 Å². The molecule has 1 N–H and O–H groups in total. The Labute approximate surface area is 75.7 Å². The summed E-state index contributed by atoms with van der Waals surface area (Å²) in [5.74, 6) is 1.89. The SMILES string of the molecule is CNC(CCCOC)C1CC1C. The number of ether oxygens (including phenoxy) is 1. The van der Waals surface area contributed by atoms with Crippen molar-refractivity contribution in [3.05, 3.63) is 0 Å². The Morgan fingerprint density at radius 2 is 2.25 bits per heavy atom. The van der Waals surface area contributed by atoms with E-state index in [2.05, 4.69) is 19.3 Å². The zero-order chi connectivity index (χ0) is 8.97. The summed E-state index contributed by atoms with van der Waals surface area (Å²) < 4.78 is 5.04. The Morgan fingerprint density at radius 3 is 2.67 bits per heavy atom. The fraction of sp³-hybridized carbons (Fsp3) is 1.00. The third kappa shape index (κ3) is 2.76. The monoisotopic (exact) mass is 171 g/mol. The van der Waals surface area contributed by atoms with Gasteiger partial charge in [0, 0.05) is 19.8 Å². The third-order valence-corrected chi connectivity index (χ3v) is 2.92. The molecule has 1 rings (SSSR count). The maximum atomic E-state index is 5.04. The largest absolute Gasteiger partial charge is 0.385 e. The molecule has 0 saturated heterocycles. The van der Waals surface area contributed by atoms with Crippen LogP contribution in [0.5, 0.6) is 0 Å².